The van der Waals surface area contributed by atoms with Gasteiger partial charge in [0, 0.05) is 17.9 Å². The van der Waals surface area contributed by atoms with Crippen LogP contribution in [-0.4, -0.2) is 11.5 Å². The number of hydrogen-bond donors (Lipinski definition) is 3. The standard InChI is InChI=1S/C14H20N4.ClH/c1-11-10-12(15)5-6-13(11)16-7-3-4-14-17-8-9-18(14)2;/h5-6,8-10,16H,3-4,7,15H2,1-2H3;1H. The van der Waals surface area contributed by atoms with Gasteiger partial charge >= 0.3 is 0 Å². The van der Waals surface area contributed by atoms with Gasteiger partial charge < -0.3 is 23.5 Å². The number of rotatable bonds is 5. The maximum absolute atomic E-state index is 5.73. The predicted molar refractivity (Wildman–Crippen MR) is 74.4 cm³/mol. The molecule has 1 heterocycles. The molecule has 2 rings (SSSR count). The zero-order valence-electron chi connectivity index (χ0n) is 11.4. The number of imidazole rings is 1. The van der Waals surface area contributed by atoms with Crippen LogP contribution in [0.3, 0.4) is 0 Å². The lowest BCUT2D eigenvalue weighted by molar-refractivity contribution is -0.677. The van der Waals surface area contributed by atoms with E-state index in [-0.39, 0.29) is 12.4 Å². The number of nitrogens with two attached hydrogens (primary N) is 1. The summed E-state index contributed by atoms with van der Waals surface area (Å²) in [4.78, 5) is 3.24. The minimum atomic E-state index is 0. The van der Waals surface area contributed by atoms with E-state index >= 15 is 0 Å². The third kappa shape index (κ3) is 4.17. The number of nitrogens with zero attached hydrogens (tertiary/aromatic N) is 1. The van der Waals surface area contributed by atoms with Crippen molar-refractivity contribution in [3.05, 3.63) is 42.0 Å². The van der Waals surface area contributed by atoms with Gasteiger partial charge in [-0.3, -0.25) is 0 Å². The van der Waals surface area contributed by atoms with Gasteiger partial charge in [-0.05, 0) is 37.1 Å². The van der Waals surface area contributed by atoms with Gasteiger partial charge in [-0.15, -0.1) is 0 Å². The number of aromatic nitrogens is 2. The Morgan fingerprint density at radius 2 is 2.16 bits per heavy atom. The fourth-order valence-electron chi connectivity index (χ4n) is 2.05. The SMILES string of the molecule is Cc1cc(N)ccc1NCCCc1[nH]cc[n+]1C.[Cl-]. The molecule has 0 saturated heterocycles. The molecule has 5 heteroatoms. The number of aromatic amines is 1. The Balaban J connectivity index is 0.00000180. The summed E-state index contributed by atoms with van der Waals surface area (Å²) < 4.78 is 2.12. The van der Waals surface area contributed by atoms with Crippen molar-refractivity contribution in [3.8, 4) is 0 Å². The van der Waals surface area contributed by atoms with Gasteiger partial charge in [0.05, 0.1) is 13.5 Å². The monoisotopic (exact) mass is 280 g/mol. The highest BCUT2D eigenvalue weighted by Gasteiger charge is 2.05. The van der Waals surface area contributed by atoms with E-state index in [1.54, 1.807) is 0 Å². The molecule has 4 N–H and O–H groups in total. The van der Waals surface area contributed by atoms with Crippen LogP contribution in [0.2, 0.25) is 0 Å². The van der Waals surface area contributed by atoms with E-state index < -0.39 is 0 Å². The lowest BCUT2D eigenvalue weighted by Gasteiger charge is -2.09. The number of benzene rings is 1. The first kappa shape index (κ1) is 15.4. The smallest absolute Gasteiger partial charge is 0.254 e. The minimum absolute atomic E-state index is 0. The van der Waals surface area contributed by atoms with E-state index in [2.05, 4.69) is 28.8 Å². The van der Waals surface area contributed by atoms with Gasteiger partial charge in [-0.25, -0.2) is 9.55 Å². The topological polar surface area (TPSA) is 57.7 Å². The Labute approximate surface area is 120 Å². The Kier molecular flexibility index (Phi) is 5.70. The number of halogens is 1. The maximum Gasteiger partial charge on any atom is 0.254 e. The quantitative estimate of drug-likeness (QED) is 0.365. The molecule has 0 aliphatic rings. The van der Waals surface area contributed by atoms with E-state index in [1.165, 1.54) is 17.1 Å². The van der Waals surface area contributed by atoms with Crippen LogP contribution < -0.4 is 28.0 Å². The van der Waals surface area contributed by atoms with Crippen LogP contribution in [0.25, 0.3) is 0 Å². The summed E-state index contributed by atoms with van der Waals surface area (Å²) in [5.41, 5.74) is 8.91. The second-order valence-electron chi connectivity index (χ2n) is 4.62. The van der Waals surface area contributed by atoms with Crippen LogP contribution in [0.4, 0.5) is 11.4 Å². The number of nitrogen functional groups attached to an aromatic ring is 1. The molecular weight excluding hydrogens is 260 g/mol. The molecule has 0 amide bonds. The molecule has 4 nitrogen and oxygen atoms in total. The van der Waals surface area contributed by atoms with Gasteiger partial charge in [-0.1, -0.05) is 0 Å². The highest BCUT2D eigenvalue weighted by molar-refractivity contribution is 5.57. The van der Waals surface area contributed by atoms with E-state index in [1.807, 2.05) is 30.6 Å². The van der Waals surface area contributed by atoms with Crippen LogP contribution in [0, 0.1) is 6.92 Å². The number of nitrogens with one attached hydrogen (secondary N) is 2. The molecule has 0 atom stereocenters. The molecular formula is C14H21ClN4. The van der Waals surface area contributed by atoms with E-state index in [0.717, 1.165) is 25.1 Å². The largest absolute Gasteiger partial charge is 1.00 e. The molecule has 0 bridgehead atoms. The second kappa shape index (κ2) is 7.04. The number of hydrogen-bond acceptors (Lipinski definition) is 2. The van der Waals surface area contributed by atoms with Crippen molar-refractivity contribution >= 4 is 11.4 Å². The predicted octanol–water partition coefficient (Wildman–Crippen LogP) is -1.22. The Morgan fingerprint density at radius 1 is 1.37 bits per heavy atom. The zero-order chi connectivity index (χ0) is 13.0. The number of aryl methyl sites for hydroxylation is 3. The Hall–Kier alpha value is -1.68. The molecule has 0 spiro atoms. The van der Waals surface area contributed by atoms with Gasteiger partial charge in [0.1, 0.15) is 12.4 Å². The molecule has 0 saturated carbocycles. The molecule has 0 radical (unpaired) electrons. The molecule has 19 heavy (non-hydrogen) atoms. The number of anilines is 2. The van der Waals surface area contributed by atoms with E-state index in [0.29, 0.717) is 0 Å². The molecule has 104 valence electrons. The molecule has 2 aromatic rings. The van der Waals surface area contributed by atoms with Crippen molar-refractivity contribution in [1.82, 2.24) is 4.98 Å². The summed E-state index contributed by atoms with van der Waals surface area (Å²) in [6.45, 7) is 3.04. The first-order chi connectivity index (χ1) is 8.66. The molecule has 0 fully saturated rings. The van der Waals surface area contributed by atoms with E-state index in [9.17, 15) is 0 Å². The normalized spacial score (nSPS) is 10.0. The van der Waals surface area contributed by atoms with Crippen molar-refractivity contribution in [2.75, 3.05) is 17.6 Å². The summed E-state index contributed by atoms with van der Waals surface area (Å²) in [5, 5.41) is 3.44. The first-order valence-corrected chi connectivity index (χ1v) is 6.28. The minimum Gasteiger partial charge on any atom is -1.00 e. The second-order valence-corrected chi connectivity index (χ2v) is 4.62. The van der Waals surface area contributed by atoms with Gasteiger partial charge in [0.2, 0.25) is 0 Å². The van der Waals surface area contributed by atoms with Crippen LogP contribution in [-0.2, 0) is 13.5 Å². The lowest BCUT2D eigenvalue weighted by atomic mass is 10.1. The fourth-order valence-corrected chi connectivity index (χ4v) is 2.05. The molecule has 0 aliphatic heterocycles. The summed E-state index contributed by atoms with van der Waals surface area (Å²) in [5.74, 6) is 1.26. The van der Waals surface area contributed by atoms with Crippen LogP contribution >= 0.6 is 0 Å². The van der Waals surface area contributed by atoms with Crippen LogP contribution in [0.1, 0.15) is 17.8 Å². The van der Waals surface area contributed by atoms with Gasteiger partial charge in [0.15, 0.2) is 0 Å². The molecule has 1 aromatic heterocycles. The summed E-state index contributed by atoms with van der Waals surface area (Å²) in [6, 6.07) is 5.97. The first-order valence-electron chi connectivity index (χ1n) is 6.28. The highest BCUT2D eigenvalue weighted by Crippen LogP contribution is 2.17. The van der Waals surface area contributed by atoms with Crippen molar-refractivity contribution in [1.29, 1.82) is 0 Å². The van der Waals surface area contributed by atoms with Crippen molar-refractivity contribution in [3.63, 3.8) is 0 Å². The van der Waals surface area contributed by atoms with Crippen molar-refractivity contribution in [2.24, 2.45) is 7.05 Å². The van der Waals surface area contributed by atoms with Gasteiger partial charge in [0.25, 0.3) is 5.82 Å². The third-order valence-electron chi connectivity index (χ3n) is 3.13. The van der Waals surface area contributed by atoms with Crippen molar-refractivity contribution in [2.45, 2.75) is 19.8 Å². The summed E-state index contributed by atoms with van der Waals surface area (Å²) in [6.07, 6.45) is 6.14. The van der Waals surface area contributed by atoms with Crippen LogP contribution in [0.15, 0.2) is 30.6 Å². The number of H-pyrrole nitrogens is 1. The highest BCUT2D eigenvalue weighted by atomic mass is 35.5. The maximum atomic E-state index is 5.73. The zero-order valence-corrected chi connectivity index (χ0v) is 12.2. The lowest BCUT2D eigenvalue weighted by Crippen LogP contribution is -3.00. The van der Waals surface area contributed by atoms with Gasteiger partial charge in [-0.2, -0.15) is 0 Å². The fraction of sp³-hybridized carbons (Fsp3) is 0.357. The Bertz CT molecular complexity index is 522. The summed E-state index contributed by atoms with van der Waals surface area (Å²) in [7, 11) is 2.06. The molecule has 0 unspecified atom stereocenters. The Morgan fingerprint density at radius 3 is 2.79 bits per heavy atom. The van der Waals surface area contributed by atoms with E-state index in [4.69, 9.17) is 5.73 Å². The molecule has 1 aromatic carbocycles. The average Bonchev–Trinajstić information content (AvgIpc) is 2.73. The van der Waals surface area contributed by atoms with Crippen molar-refractivity contribution < 1.29 is 17.0 Å². The molecule has 0 aliphatic carbocycles. The summed E-state index contributed by atoms with van der Waals surface area (Å²) >= 11 is 0. The third-order valence-corrected chi connectivity index (χ3v) is 3.13. The van der Waals surface area contributed by atoms with Crippen LogP contribution in [0.5, 0.6) is 0 Å². The average molecular weight is 281 g/mol.